The zero-order valence-corrected chi connectivity index (χ0v) is 44.7. The molecule has 0 unspecified atom stereocenters. The summed E-state index contributed by atoms with van der Waals surface area (Å²) in [4.78, 5) is 9.39. The van der Waals surface area contributed by atoms with Crippen LogP contribution in [0.4, 0.5) is 0 Å². The normalized spacial score (nSPS) is 11.2. The molecule has 6 heterocycles. The minimum absolute atomic E-state index is 0. The van der Waals surface area contributed by atoms with Crippen LogP contribution in [0.1, 0.15) is 14.9 Å². The van der Waals surface area contributed by atoms with E-state index in [-0.39, 0.29) is 14.9 Å². The van der Waals surface area contributed by atoms with E-state index in [1.165, 1.54) is 60.3 Å². The van der Waals surface area contributed by atoms with Crippen LogP contribution in [0.15, 0.2) is 284 Å². The van der Waals surface area contributed by atoms with E-state index in [1.807, 2.05) is 85.2 Å². The molecular weight excluding hydrogens is 1070 g/mol. The van der Waals surface area contributed by atoms with Crippen LogP contribution in [-0.2, 0) is 0 Å². The van der Waals surface area contributed by atoms with Crippen molar-refractivity contribution < 1.29 is 10.0 Å². The Morgan fingerprint density at radius 2 is 0.707 bits per heavy atom. The van der Waals surface area contributed by atoms with Crippen LogP contribution in [0.25, 0.3) is 121 Å². The molecule has 0 radical (unpaired) electrons. The quantitative estimate of drug-likeness (QED) is 0.162. The molecule has 16 rings (SSSR count). The largest absolute Gasteiger partial charge is 0.488 e. The van der Waals surface area contributed by atoms with Gasteiger partial charge < -0.3 is 19.2 Å². The summed E-state index contributed by atoms with van der Waals surface area (Å²) in [6.07, 6.45) is 3.72. The lowest BCUT2D eigenvalue weighted by Gasteiger charge is -2.12. The molecule has 0 aliphatic rings. The highest BCUT2D eigenvalue weighted by Gasteiger charge is 2.21. The molecule has 16 aromatic rings. The number of para-hydroxylation sites is 8. The molecule has 8 nitrogen and oxygen atoms in total. The fraction of sp³-hybridized carbons (Fsp3) is 0.0278. The van der Waals surface area contributed by atoms with Crippen molar-refractivity contribution in [1.29, 1.82) is 0 Å². The minimum atomic E-state index is -1.46. The number of benzene rings is 10. The van der Waals surface area contributed by atoms with Gasteiger partial charge in [0.25, 0.3) is 0 Å². The lowest BCUT2D eigenvalue weighted by Crippen LogP contribution is -2.29. The maximum absolute atomic E-state index is 9.43. The molecule has 0 spiro atoms. The van der Waals surface area contributed by atoms with E-state index in [0.29, 0.717) is 5.46 Å². The fourth-order valence-corrected chi connectivity index (χ4v) is 12.2. The van der Waals surface area contributed by atoms with Crippen molar-refractivity contribution in [3.8, 4) is 33.9 Å². The van der Waals surface area contributed by atoms with E-state index in [2.05, 4.69) is 227 Å². The number of aromatic nitrogens is 6. The van der Waals surface area contributed by atoms with Gasteiger partial charge in [0.1, 0.15) is 11.3 Å². The molecule has 0 saturated carbocycles. The second-order valence-corrected chi connectivity index (χ2v) is 20.5. The zero-order chi connectivity index (χ0) is 53.7. The van der Waals surface area contributed by atoms with Gasteiger partial charge in [0.2, 0.25) is 0 Å². The lowest BCUT2D eigenvalue weighted by atomic mass is 9.80. The standard InChI is InChI=1S/C35H23N3.C18H14BNO2.C17H11BrN2.2CH4/c1-3-11-25(12-4-1)37-32-19-8-7-15-28(32)31-23-24(20-21-33(31)37)27-16-9-17-29-30-18-10-22-36-35(30)38(34(27)29)26-13-5-2-6-14-26;21-19(22)13-10-11-18-16(12-13)15-8-4-5-9-17(15)20(18)14-6-2-1-3-7-14;18-15-10-4-8-13-14-9-5-11-19-17(14)20(16(13)15)12-6-2-1-3-7-12;;/h1-23H;1-12,21-22H;1-11H;2*1H4. The molecule has 10 heteroatoms. The number of halogens is 1. The minimum Gasteiger partial charge on any atom is -0.423 e. The van der Waals surface area contributed by atoms with E-state index >= 15 is 0 Å². The number of pyridine rings is 2. The van der Waals surface area contributed by atoms with Crippen LogP contribution in [0.5, 0.6) is 0 Å². The molecule has 0 aliphatic carbocycles. The molecule has 82 heavy (non-hydrogen) atoms. The van der Waals surface area contributed by atoms with Gasteiger partial charge in [-0.25, -0.2) is 9.97 Å². The number of fused-ring (bicyclic) bond motifs is 12. The van der Waals surface area contributed by atoms with E-state index in [1.54, 1.807) is 6.07 Å². The summed E-state index contributed by atoms with van der Waals surface area (Å²) in [6.45, 7) is 0. The Hall–Kier alpha value is -9.84. The highest BCUT2D eigenvalue weighted by Crippen LogP contribution is 2.41. The van der Waals surface area contributed by atoms with Crippen LogP contribution < -0.4 is 5.46 Å². The number of rotatable bonds is 6. The third kappa shape index (κ3) is 9.09. The molecule has 0 fully saturated rings. The molecule has 0 amide bonds. The predicted octanol–water partition coefficient (Wildman–Crippen LogP) is 17.6. The number of hydrogen-bond donors (Lipinski definition) is 2. The zero-order valence-electron chi connectivity index (χ0n) is 43.1. The summed E-state index contributed by atoms with van der Waals surface area (Å²) in [6, 6.07) is 92.1. The fourth-order valence-electron chi connectivity index (χ4n) is 11.6. The average Bonchev–Trinajstić information content (AvgIpc) is 3.62. The Balaban J connectivity index is 0.000000130. The van der Waals surface area contributed by atoms with Gasteiger partial charge in [0.15, 0.2) is 0 Å². The molecule has 0 aliphatic heterocycles. The maximum atomic E-state index is 9.43. The van der Waals surface area contributed by atoms with Crippen molar-refractivity contribution >= 4 is 116 Å². The lowest BCUT2D eigenvalue weighted by molar-refractivity contribution is 0.426. The van der Waals surface area contributed by atoms with Gasteiger partial charge in [-0.2, -0.15) is 0 Å². The smallest absolute Gasteiger partial charge is 0.423 e. The molecule has 0 atom stereocenters. The Labute approximate surface area is 484 Å². The van der Waals surface area contributed by atoms with Crippen molar-refractivity contribution in [1.82, 2.24) is 28.2 Å². The highest BCUT2D eigenvalue weighted by atomic mass is 79.9. The first kappa shape index (κ1) is 52.8. The Morgan fingerprint density at radius 1 is 0.317 bits per heavy atom. The summed E-state index contributed by atoms with van der Waals surface area (Å²) in [5.41, 5.74) is 16.3. The van der Waals surface area contributed by atoms with E-state index in [4.69, 9.17) is 4.98 Å². The highest BCUT2D eigenvalue weighted by molar-refractivity contribution is 9.10. The van der Waals surface area contributed by atoms with Crippen LogP contribution >= 0.6 is 15.9 Å². The van der Waals surface area contributed by atoms with Crippen LogP contribution in [0.2, 0.25) is 0 Å². The summed E-state index contributed by atoms with van der Waals surface area (Å²) in [5, 5.41) is 28.2. The van der Waals surface area contributed by atoms with Gasteiger partial charge >= 0.3 is 7.12 Å². The van der Waals surface area contributed by atoms with Crippen molar-refractivity contribution in [3.05, 3.63) is 284 Å². The summed E-state index contributed by atoms with van der Waals surface area (Å²) in [7, 11) is -1.46. The van der Waals surface area contributed by atoms with E-state index in [9.17, 15) is 10.0 Å². The molecule has 2 N–H and O–H groups in total. The first-order valence-electron chi connectivity index (χ1n) is 26.6. The van der Waals surface area contributed by atoms with Crippen LogP contribution in [0.3, 0.4) is 0 Å². The van der Waals surface area contributed by atoms with Gasteiger partial charge in [-0.3, -0.25) is 9.13 Å². The first-order valence-corrected chi connectivity index (χ1v) is 27.4. The number of hydrogen-bond acceptors (Lipinski definition) is 4. The summed E-state index contributed by atoms with van der Waals surface area (Å²) >= 11 is 3.67. The first-order chi connectivity index (χ1) is 39.5. The van der Waals surface area contributed by atoms with E-state index < -0.39 is 7.12 Å². The molecule has 10 aromatic carbocycles. The van der Waals surface area contributed by atoms with Gasteiger partial charge in [-0.1, -0.05) is 173 Å². The summed E-state index contributed by atoms with van der Waals surface area (Å²) < 4.78 is 10.1. The van der Waals surface area contributed by atoms with E-state index in [0.717, 1.165) is 65.5 Å². The Kier molecular flexibility index (Phi) is 14.4. The second kappa shape index (κ2) is 22.4. The predicted molar refractivity (Wildman–Crippen MR) is 349 cm³/mol. The Bertz CT molecular complexity index is 4940. The van der Waals surface area contributed by atoms with Crippen molar-refractivity contribution in [2.45, 2.75) is 14.9 Å². The molecule has 0 saturated heterocycles. The maximum Gasteiger partial charge on any atom is 0.488 e. The van der Waals surface area contributed by atoms with Gasteiger partial charge in [-0.05, 0) is 136 Å². The van der Waals surface area contributed by atoms with Crippen LogP contribution in [-0.4, -0.2) is 45.4 Å². The van der Waals surface area contributed by atoms with Crippen molar-refractivity contribution in [3.63, 3.8) is 0 Å². The van der Waals surface area contributed by atoms with Gasteiger partial charge in [0.05, 0.1) is 33.1 Å². The van der Waals surface area contributed by atoms with Gasteiger partial charge in [0, 0.05) is 88.3 Å². The second-order valence-electron chi connectivity index (χ2n) is 19.7. The Morgan fingerprint density at radius 3 is 1.22 bits per heavy atom. The molecule has 6 aromatic heterocycles. The molecular formula is C72H56BBrN6O2. The van der Waals surface area contributed by atoms with Crippen LogP contribution in [0, 0.1) is 0 Å². The topological polar surface area (TPSA) is 86.0 Å². The monoisotopic (exact) mass is 1130 g/mol. The van der Waals surface area contributed by atoms with Gasteiger partial charge in [-0.15, -0.1) is 0 Å². The summed E-state index contributed by atoms with van der Waals surface area (Å²) in [5.74, 6) is 0. The average molecular weight is 1130 g/mol. The number of nitrogens with zero attached hydrogens (tertiary/aromatic N) is 6. The van der Waals surface area contributed by atoms with Crippen molar-refractivity contribution in [2.24, 2.45) is 0 Å². The molecule has 396 valence electrons. The third-order valence-electron chi connectivity index (χ3n) is 15.1. The third-order valence-corrected chi connectivity index (χ3v) is 15.7. The van der Waals surface area contributed by atoms with Crippen molar-refractivity contribution in [2.75, 3.05) is 0 Å². The molecule has 0 bridgehead atoms. The SMILES string of the molecule is Brc1cccc2c3cccnc3n(-c3ccccc3)c12.C.C.OB(O)c1ccc2c(c1)c1ccccc1n2-c1ccccc1.c1ccc(-n2c3ccccc3c3cc(-c4cccc5c6cccnc6n(-c6ccccc6)c45)ccc32)cc1.